The number of aromatic hydroxyl groups is 1. The van der Waals surface area contributed by atoms with Gasteiger partial charge in [-0.1, -0.05) is 28.1 Å². The molecular weight excluding hydrogens is 330 g/mol. The Morgan fingerprint density at radius 2 is 1.90 bits per heavy atom. The van der Waals surface area contributed by atoms with Crippen molar-refractivity contribution in [2.24, 2.45) is 0 Å². The zero-order chi connectivity index (χ0) is 14.7. The van der Waals surface area contributed by atoms with Crippen molar-refractivity contribution < 1.29 is 9.84 Å². The minimum atomic E-state index is 0.274. The van der Waals surface area contributed by atoms with E-state index in [1.807, 2.05) is 24.3 Å². The van der Waals surface area contributed by atoms with E-state index in [1.165, 1.54) is 18.4 Å². The highest BCUT2D eigenvalue weighted by Crippen LogP contribution is 2.25. The van der Waals surface area contributed by atoms with Crippen molar-refractivity contribution in [2.75, 3.05) is 0 Å². The molecule has 4 heteroatoms. The number of hydrogen-bond donors (Lipinski definition) is 2. The normalized spacial score (nSPS) is 14.1. The number of ether oxygens (including phenoxy) is 1. The van der Waals surface area contributed by atoms with Crippen molar-refractivity contribution >= 4 is 15.9 Å². The molecule has 1 aliphatic carbocycles. The Morgan fingerprint density at radius 1 is 1.14 bits per heavy atom. The maximum Gasteiger partial charge on any atom is 0.120 e. The molecule has 1 aliphatic rings. The molecule has 0 aliphatic heterocycles. The first-order chi connectivity index (χ1) is 10.2. The van der Waals surface area contributed by atoms with Crippen LogP contribution in [-0.2, 0) is 13.2 Å². The Kier molecular flexibility index (Phi) is 4.46. The molecule has 1 fully saturated rings. The second-order valence-electron chi connectivity index (χ2n) is 5.36. The van der Waals surface area contributed by atoms with Gasteiger partial charge in [0, 0.05) is 17.1 Å². The summed E-state index contributed by atoms with van der Waals surface area (Å²) in [5, 5.41) is 12.8. The Balaban J connectivity index is 1.61. The van der Waals surface area contributed by atoms with Crippen molar-refractivity contribution in [3.05, 3.63) is 58.1 Å². The van der Waals surface area contributed by atoms with Crippen LogP contribution in [0.5, 0.6) is 11.5 Å². The molecule has 2 aromatic carbocycles. The molecule has 0 spiro atoms. The first-order valence-corrected chi connectivity index (χ1v) is 7.92. The van der Waals surface area contributed by atoms with Gasteiger partial charge < -0.3 is 15.2 Å². The Bertz CT molecular complexity index is 609. The highest BCUT2D eigenvalue weighted by Gasteiger charge is 2.20. The van der Waals surface area contributed by atoms with Gasteiger partial charge in [0.2, 0.25) is 0 Å². The maximum absolute atomic E-state index is 9.26. The molecule has 110 valence electrons. The van der Waals surface area contributed by atoms with E-state index >= 15 is 0 Å². The average molecular weight is 348 g/mol. The van der Waals surface area contributed by atoms with Crippen molar-refractivity contribution in [3.63, 3.8) is 0 Å². The number of nitrogens with one attached hydrogen (secondary N) is 1. The summed E-state index contributed by atoms with van der Waals surface area (Å²) in [4.78, 5) is 0. The predicted molar refractivity (Wildman–Crippen MR) is 86.4 cm³/mol. The van der Waals surface area contributed by atoms with E-state index in [0.717, 1.165) is 22.3 Å². The van der Waals surface area contributed by atoms with Crippen molar-refractivity contribution in [1.29, 1.82) is 0 Å². The number of hydrogen-bond acceptors (Lipinski definition) is 3. The Morgan fingerprint density at radius 3 is 2.62 bits per heavy atom. The van der Waals surface area contributed by atoms with E-state index in [9.17, 15) is 5.11 Å². The second kappa shape index (κ2) is 6.50. The second-order valence-corrected chi connectivity index (χ2v) is 6.22. The lowest BCUT2D eigenvalue weighted by atomic mass is 10.2. The van der Waals surface area contributed by atoms with Crippen LogP contribution in [0.25, 0.3) is 0 Å². The SMILES string of the molecule is Oc1ccc(COc2ccc(Br)c(CNC3CC3)c2)cc1. The molecule has 3 nitrogen and oxygen atoms in total. The van der Waals surface area contributed by atoms with E-state index in [1.54, 1.807) is 12.1 Å². The van der Waals surface area contributed by atoms with Gasteiger partial charge in [-0.2, -0.15) is 0 Å². The van der Waals surface area contributed by atoms with Crippen molar-refractivity contribution in [2.45, 2.75) is 32.0 Å². The molecule has 0 atom stereocenters. The summed E-state index contributed by atoms with van der Waals surface area (Å²) in [6, 6.07) is 13.8. The smallest absolute Gasteiger partial charge is 0.120 e. The number of benzene rings is 2. The molecule has 0 radical (unpaired) electrons. The van der Waals surface area contributed by atoms with Gasteiger partial charge in [-0.05, 0) is 54.3 Å². The van der Waals surface area contributed by atoms with Gasteiger partial charge in [0.15, 0.2) is 0 Å². The first-order valence-electron chi connectivity index (χ1n) is 7.13. The van der Waals surface area contributed by atoms with E-state index in [0.29, 0.717) is 12.6 Å². The van der Waals surface area contributed by atoms with Gasteiger partial charge >= 0.3 is 0 Å². The number of phenolic OH excluding ortho intramolecular Hbond substituents is 1. The first kappa shape index (κ1) is 14.4. The standard InChI is InChI=1S/C17H18BrNO2/c18-17-8-7-16(9-13(17)10-19-14-3-4-14)21-11-12-1-5-15(20)6-2-12/h1-2,5-9,14,19-20H,3-4,10-11H2. The lowest BCUT2D eigenvalue weighted by Gasteiger charge is -2.10. The van der Waals surface area contributed by atoms with Crippen LogP contribution in [0, 0.1) is 0 Å². The molecule has 0 amide bonds. The molecule has 0 bridgehead atoms. The Labute approximate surface area is 133 Å². The van der Waals surface area contributed by atoms with Crippen LogP contribution in [0.2, 0.25) is 0 Å². The van der Waals surface area contributed by atoms with E-state index in [4.69, 9.17) is 4.74 Å². The van der Waals surface area contributed by atoms with E-state index in [-0.39, 0.29) is 5.75 Å². The predicted octanol–water partition coefficient (Wildman–Crippen LogP) is 3.99. The lowest BCUT2D eigenvalue weighted by Crippen LogP contribution is -2.15. The molecule has 3 rings (SSSR count). The molecule has 0 heterocycles. The summed E-state index contributed by atoms with van der Waals surface area (Å²) in [5.74, 6) is 1.13. The van der Waals surface area contributed by atoms with Crippen LogP contribution in [-0.4, -0.2) is 11.1 Å². The molecule has 1 saturated carbocycles. The average Bonchev–Trinajstić information content (AvgIpc) is 3.31. The molecule has 0 unspecified atom stereocenters. The molecule has 21 heavy (non-hydrogen) atoms. The highest BCUT2D eigenvalue weighted by atomic mass is 79.9. The highest BCUT2D eigenvalue weighted by molar-refractivity contribution is 9.10. The van der Waals surface area contributed by atoms with Crippen LogP contribution in [0.3, 0.4) is 0 Å². The molecule has 0 aromatic heterocycles. The largest absolute Gasteiger partial charge is 0.508 e. The third kappa shape index (κ3) is 4.22. The molecule has 0 saturated heterocycles. The number of phenols is 1. The monoisotopic (exact) mass is 347 g/mol. The van der Waals surface area contributed by atoms with Crippen LogP contribution in [0.4, 0.5) is 0 Å². The van der Waals surface area contributed by atoms with Gasteiger partial charge in [0.25, 0.3) is 0 Å². The molecular formula is C17H18BrNO2. The van der Waals surface area contributed by atoms with Crippen LogP contribution < -0.4 is 10.1 Å². The van der Waals surface area contributed by atoms with Crippen LogP contribution in [0.15, 0.2) is 46.9 Å². The summed E-state index contributed by atoms with van der Waals surface area (Å²) >= 11 is 3.58. The van der Waals surface area contributed by atoms with Gasteiger partial charge in [-0.3, -0.25) is 0 Å². The summed E-state index contributed by atoms with van der Waals surface area (Å²) in [6.45, 7) is 1.36. The van der Waals surface area contributed by atoms with Gasteiger partial charge in [-0.15, -0.1) is 0 Å². The van der Waals surface area contributed by atoms with Gasteiger partial charge in [0.1, 0.15) is 18.1 Å². The number of rotatable bonds is 6. The topological polar surface area (TPSA) is 41.5 Å². The van der Waals surface area contributed by atoms with Crippen LogP contribution >= 0.6 is 15.9 Å². The van der Waals surface area contributed by atoms with E-state index < -0.39 is 0 Å². The minimum Gasteiger partial charge on any atom is -0.508 e. The zero-order valence-electron chi connectivity index (χ0n) is 11.7. The fourth-order valence-corrected chi connectivity index (χ4v) is 2.46. The molecule has 2 N–H and O–H groups in total. The third-order valence-corrected chi connectivity index (χ3v) is 4.29. The van der Waals surface area contributed by atoms with Crippen LogP contribution in [0.1, 0.15) is 24.0 Å². The summed E-state index contributed by atoms with van der Waals surface area (Å²) in [5.41, 5.74) is 2.25. The summed E-state index contributed by atoms with van der Waals surface area (Å²) < 4.78 is 6.92. The van der Waals surface area contributed by atoms with Gasteiger partial charge in [-0.25, -0.2) is 0 Å². The summed E-state index contributed by atoms with van der Waals surface area (Å²) in [7, 11) is 0. The minimum absolute atomic E-state index is 0.274. The maximum atomic E-state index is 9.26. The van der Waals surface area contributed by atoms with Gasteiger partial charge in [0.05, 0.1) is 0 Å². The van der Waals surface area contributed by atoms with E-state index in [2.05, 4.69) is 27.3 Å². The Hall–Kier alpha value is -1.52. The quantitative estimate of drug-likeness (QED) is 0.830. The third-order valence-electron chi connectivity index (χ3n) is 3.52. The lowest BCUT2D eigenvalue weighted by molar-refractivity contribution is 0.305. The summed E-state index contributed by atoms with van der Waals surface area (Å²) in [6.07, 6.45) is 2.57. The van der Waals surface area contributed by atoms with Crippen molar-refractivity contribution in [3.8, 4) is 11.5 Å². The molecule has 2 aromatic rings. The number of halogens is 1. The zero-order valence-corrected chi connectivity index (χ0v) is 13.3. The fraction of sp³-hybridized carbons (Fsp3) is 0.294. The van der Waals surface area contributed by atoms with Crippen molar-refractivity contribution in [1.82, 2.24) is 5.32 Å². The fourth-order valence-electron chi connectivity index (χ4n) is 2.08.